The van der Waals surface area contributed by atoms with Crippen molar-refractivity contribution in [2.24, 2.45) is 5.84 Å². The van der Waals surface area contributed by atoms with Gasteiger partial charge in [-0.05, 0) is 35.7 Å². The zero-order chi connectivity index (χ0) is 15.2. The van der Waals surface area contributed by atoms with Crippen molar-refractivity contribution in [2.75, 3.05) is 19.2 Å². The highest BCUT2D eigenvalue weighted by Gasteiger charge is 2.08. The lowest BCUT2D eigenvalue weighted by molar-refractivity contribution is 0.404. The molecule has 3 nitrogen and oxygen atoms in total. The molecule has 0 saturated heterocycles. The Labute approximate surface area is 131 Å². The van der Waals surface area contributed by atoms with Gasteiger partial charge in [-0.25, -0.2) is 5.84 Å². The molecule has 0 saturated carbocycles. The van der Waals surface area contributed by atoms with Crippen LogP contribution in [0.4, 0.5) is 5.69 Å². The molecule has 21 heavy (non-hydrogen) atoms. The third-order valence-corrected chi connectivity index (χ3v) is 4.48. The van der Waals surface area contributed by atoms with E-state index < -0.39 is 0 Å². The number of thioether (sulfide) groups is 1. The van der Waals surface area contributed by atoms with Crippen LogP contribution in [0.15, 0.2) is 47.4 Å². The molecule has 0 aromatic heterocycles. The van der Waals surface area contributed by atoms with Crippen molar-refractivity contribution >= 4 is 17.4 Å². The predicted octanol–water partition coefficient (Wildman–Crippen LogP) is 3.86. The Kier molecular flexibility index (Phi) is 5.53. The maximum atomic E-state index is 5.88. The number of hydrogen-bond donors (Lipinski definition) is 1. The van der Waals surface area contributed by atoms with Crippen molar-refractivity contribution in [3.63, 3.8) is 0 Å². The molecule has 2 aromatic rings. The first kappa shape index (κ1) is 15.7. The third-order valence-electron chi connectivity index (χ3n) is 3.39. The van der Waals surface area contributed by atoms with Crippen LogP contribution >= 0.6 is 11.8 Å². The maximum Gasteiger partial charge on any atom is 0.132 e. The van der Waals surface area contributed by atoms with Crippen molar-refractivity contribution in [2.45, 2.75) is 24.0 Å². The van der Waals surface area contributed by atoms with Gasteiger partial charge in [-0.3, -0.25) is 0 Å². The monoisotopic (exact) mass is 302 g/mol. The van der Waals surface area contributed by atoms with Gasteiger partial charge in [-0.15, -0.1) is 11.8 Å². The summed E-state index contributed by atoms with van der Waals surface area (Å²) in [6.45, 7) is 2.16. The fourth-order valence-electron chi connectivity index (χ4n) is 2.19. The Balaban J connectivity index is 2.20. The minimum atomic E-state index is 0.862. The van der Waals surface area contributed by atoms with Gasteiger partial charge < -0.3 is 9.75 Å². The van der Waals surface area contributed by atoms with Gasteiger partial charge in [0.15, 0.2) is 0 Å². The first-order valence-electron chi connectivity index (χ1n) is 7.01. The summed E-state index contributed by atoms with van der Waals surface area (Å²) in [5.41, 5.74) is 3.59. The van der Waals surface area contributed by atoms with Crippen LogP contribution in [0.2, 0.25) is 0 Å². The summed E-state index contributed by atoms with van der Waals surface area (Å²) in [4.78, 5) is 1.17. The Morgan fingerprint density at radius 3 is 2.62 bits per heavy atom. The molecule has 0 spiro atoms. The van der Waals surface area contributed by atoms with Crippen molar-refractivity contribution in [3.8, 4) is 5.75 Å². The van der Waals surface area contributed by atoms with Gasteiger partial charge >= 0.3 is 0 Å². The number of hydrazine groups is 1. The summed E-state index contributed by atoms with van der Waals surface area (Å²) in [6.07, 6.45) is 1.03. The topological polar surface area (TPSA) is 38.5 Å². The van der Waals surface area contributed by atoms with Crippen LogP contribution in [0.5, 0.6) is 5.75 Å². The summed E-state index contributed by atoms with van der Waals surface area (Å²) < 4.78 is 5.46. The number of aryl methyl sites for hydroxylation is 1. The fraction of sp³-hybridized carbons (Fsp3) is 0.294. The molecule has 0 heterocycles. The lowest BCUT2D eigenvalue weighted by Crippen LogP contribution is -2.26. The van der Waals surface area contributed by atoms with Gasteiger partial charge in [0.05, 0.1) is 12.8 Å². The van der Waals surface area contributed by atoms with E-state index in [9.17, 15) is 0 Å². The van der Waals surface area contributed by atoms with E-state index in [0.717, 1.165) is 23.6 Å². The molecule has 0 aliphatic heterocycles. The maximum absolute atomic E-state index is 5.88. The minimum Gasteiger partial charge on any atom is -0.496 e. The first-order chi connectivity index (χ1) is 10.2. The molecule has 2 N–H and O–H groups in total. The number of ether oxygens (including phenoxy) is 1. The van der Waals surface area contributed by atoms with E-state index in [2.05, 4.69) is 25.1 Å². The normalized spacial score (nSPS) is 10.5. The fourth-order valence-corrected chi connectivity index (χ4v) is 3.27. The highest BCUT2D eigenvalue weighted by molar-refractivity contribution is 7.98. The molecule has 0 radical (unpaired) electrons. The molecule has 0 bridgehead atoms. The second-order valence-electron chi connectivity index (χ2n) is 4.87. The molecule has 0 amide bonds. The van der Waals surface area contributed by atoms with E-state index in [0.29, 0.717) is 0 Å². The van der Waals surface area contributed by atoms with Crippen LogP contribution in [0.3, 0.4) is 0 Å². The van der Waals surface area contributed by atoms with E-state index in [4.69, 9.17) is 10.6 Å². The number of rotatable bonds is 6. The van der Waals surface area contributed by atoms with Crippen molar-refractivity contribution < 1.29 is 4.74 Å². The molecule has 0 aliphatic rings. The standard InChI is InChI=1S/C17H22N2OS/c1-4-13-9-10-16(20-3)17(11-13)21-12-14-7-5-6-8-15(14)19(2)18/h5-11H,4,12,18H2,1-3H3. The minimum absolute atomic E-state index is 0.862. The Hall–Kier alpha value is -1.65. The van der Waals surface area contributed by atoms with Crippen molar-refractivity contribution in [1.82, 2.24) is 0 Å². The van der Waals surface area contributed by atoms with E-state index in [-0.39, 0.29) is 0 Å². The largest absolute Gasteiger partial charge is 0.496 e. The Bertz CT molecular complexity index is 599. The van der Waals surface area contributed by atoms with Crippen molar-refractivity contribution in [3.05, 3.63) is 53.6 Å². The van der Waals surface area contributed by atoms with Crippen LogP contribution in [-0.4, -0.2) is 14.2 Å². The van der Waals surface area contributed by atoms with Crippen molar-refractivity contribution in [1.29, 1.82) is 0 Å². The predicted molar refractivity (Wildman–Crippen MR) is 91.0 cm³/mol. The average molecular weight is 302 g/mol. The molecule has 112 valence electrons. The number of benzene rings is 2. The van der Waals surface area contributed by atoms with Crippen LogP contribution in [0.1, 0.15) is 18.1 Å². The molecule has 0 atom stereocenters. The third kappa shape index (κ3) is 3.93. The molecular formula is C17H22N2OS. The Morgan fingerprint density at radius 1 is 1.19 bits per heavy atom. The van der Waals surface area contributed by atoms with E-state index in [1.807, 2.05) is 31.3 Å². The Morgan fingerprint density at radius 2 is 1.95 bits per heavy atom. The lowest BCUT2D eigenvalue weighted by atomic mass is 10.2. The molecule has 2 aromatic carbocycles. The molecular weight excluding hydrogens is 280 g/mol. The van der Waals surface area contributed by atoms with Gasteiger partial charge in [0.1, 0.15) is 5.75 Å². The van der Waals surface area contributed by atoms with E-state index in [1.165, 1.54) is 16.0 Å². The average Bonchev–Trinajstić information content (AvgIpc) is 2.52. The van der Waals surface area contributed by atoms with Gasteiger partial charge in [0.2, 0.25) is 0 Å². The number of hydrogen-bond acceptors (Lipinski definition) is 4. The molecule has 0 unspecified atom stereocenters. The lowest BCUT2D eigenvalue weighted by Gasteiger charge is -2.17. The van der Waals surface area contributed by atoms with E-state index in [1.54, 1.807) is 23.9 Å². The zero-order valence-corrected chi connectivity index (χ0v) is 13.6. The van der Waals surface area contributed by atoms with Gasteiger partial charge in [-0.1, -0.05) is 31.2 Å². The van der Waals surface area contributed by atoms with Gasteiger partial charge in [0.25, 0.3) is 0 Å². The summed E-state index contributed by atoms with van der Waals surface area (Å²) in [7, 11) is 3.58. The summed E-state index contributed by atoms with van der Waals surface area (Å²) >= 11 is 1.78. The number of nitrogens with zero attached hydrogens (tertiary/aromatic N) is 1. The molecule has 0 fully saturated rings. The van der Waals surface area contributed by atoms with Crippen LogP contribution < -0.4 is 15.6 Å². The first-order valence-corrected chi connectivity index (χ1v) is 8.00. The number of methoxy groups -OCH3 is 1. The number of para-hydroxylation sites is 1. The molecule has 2 rings (SSSR count). The zero-order valence-electron chi connectivity index (χ0n) is 12.8. The number of nitrogens with two attached hydrogens (primary N) is 1. The van der Waals surface area contributed by atoms with Gasteiger partial charge in [-0.2, -0.15) is 0 Å². The highest BCUT2D eigenvalue weighted by Crippen LogP contribution is 2.34. The summed E-state index contributed by atoms with van der Waals surface area (Å²) in [6, 6.07) is 14.6. The second kappa shape index (κ2) is 7.38. The quantitative estimate of drug-likeness (QED) is 0.499. The molecule has 4 heteroatoms. The summed E-state index contributed by atoms with van der Waals surface area (Å²) in [5, 5.41) is 1.66. The van der Waals surface area contributed by atoms with Crippen LogP contribution in [0.25, 0.3) is 0 Å². The second-order valence-corrected chi connectivity index (χ2v) is 5.88. The van der Waals surface area contributed by atoms with Crippen LogP contribution in [-0.2, 0) is 12.2 Å². The van der Waals surface area contributed by atoms with E-state index >= 15 is 0 Å². The smallest absolute Gasteiger partial charge is 0.132 e. The number of anilines is 1. The SMILES string of the molecule is CCc1ccc(OC)c(SCc2ccccc2N(C)N)c1. The van der Waals surface area contributed by atoms with Gasteiger partial charge in [0, 0.05) is 17.7 Å². The molecule has 0 aliphatic carbocycles. The highest BCUT2D eigenvalue weighted by atomic mass is 32.2. The van der Waals surface area contributed by atoms with Crippen LogP contribution in [0, 0.1) is 0 Å². The summed E-state index contributed by atoms with van der Waals surface area (Å²) in [5.74, 6) is 7.67.